The van der Waals surface area contributed by atoms with Gasteiger partial charge in [-0.25, -0.2) is 9.18 Å². The topological polar surface area (TPSA) is 35.5 Å². The third-order valence-corrected chi connectivity index (χ3v) is 3.35. The first-order valence-corrected chi connectivity index (χ1v) is 6.75. The van der Waals surface area contributed by atoms with E-state index in [0.717, 1.165) is 22.3 Å². The molecule has 0 unspecified atom stereocenters. The van der Waals surface area contributed by atoms with Gasteiger partial charge in [-0.05, 0) is 47.9 Å². The number of ether oxygens (including phenoxy) is 2. The van der Waals surface area contributed by atoms with Crippen molar-refractivity contribution in [2.75, 3.05) is 14.2 Å². The van der Waals surface area contributed by atoms with Crippen LogP contribution in [0, 0.1) is 5.82 Å². The molecule has 4 heteroatoms. The maximum Gasteiger partial charge on any atom is 0.330 e. The predicted molar refractivity (Wildman–Crippen MR) is 84.1 cm³/mol. The molecular formula is C18H17FO3. The van der Waals surface area contributed by atoms with Gasteiger partial charge in [0.2, 0.25) is 0 Å². The molecule has 0 atom stereocenters. The highest BCUT2D eigenvalue weighted by atomic mass is 19.1. The van der Waals surface area contributed by atoms with Crippen LogP contribution in [-0.4, -0.2) is 20.2 Å². The normalized spacial score (nSPS) is 11.2. The van der Waals surface area contributed by atoms with Gasteiger partial charge in [0, 0.05) is 11.6 Å². The highest BCUT2D eigenvalue weighted by Crippen LogP contribution is 2.32. The second-order valence-corrected chi connectivity index (χ2v) is 4.77. The lowest BCUT2D eigenvalue weighted by Gasteiger charge is -2.11. The van der Waals surface area contributed by atoms with Crippen LogP contribution in [0.5, 0.6) is 5.75 Å². The summed E-state index contributed by atoms with van der Waals surface area (Å²) >= 11 is 0. The molecule has 0 aromatic heterocycles. The number of hydrogen-bond donors (Lipinski definition) is 0. The summed E-state index contributed by atoms with van der Waals surface area (Å²) in [5.74, 6) is -0.0153. The van der Waals surface area contributed by atoms with Crippen LogP contribution < -0.4 is 4.74 Å². The Bertz CT molecular complexity index is 703. The molecule has 3 nitrogen and oxygen atoms in total. The molecule has 2 aromatic rings. The third kappa shape index (κ3) is 3.52. The van der Waals surface area contributed by atoms with Crippen LogP contribution in [0.3, 0.4) is 0 Å². The lowest BCUT2D eigenvalue weighted by atomic mass is 9.98. The molecule has 0 bridgehead atoms. The largest absolute Gasteiger partial charge is 0.496 e. The summed E-state index contributed by atoms with van der Waals surface area (Å²) < 4.78 is 23.1. The second kappa shape index (κ2) is 6.89. The van der Waals surface area contributed by atoms with E-state index in [1.54, 1.807) is 19.2 Å². The Morgan fingerprint density at radius 2 is 1.77 bits per heavy atom. The molecule has 0 fully saturated rings. The summed E-state index contributed by atoms with van der Waals surface area (Å²) in [7, 11) is 2.92. The van der Waals surface area contributed by atoms with Gasteiger partial charge in [-0.2, -0.15) is 0 Å². The van der Waals surface area contributed by atoms with Crippen molar-refractivity contribution in [3.05, 3.63) is 59.9 Å². The van der Waals surface area contributed by atoms with Gasteiger partial charge in [0.25, 0.3) is 0 Å². The Labute approximate surface area is 129 Å². The number of hydrogen-bond acceptors (Lipinski definition) is 3. The Morgan fingerprint density at radius 3 is 2.36 bits per heavy atom. The Balaban J connectivity index is 2.49. The molecule has 2 aromatic carbocycles. The Morgan fingerprint density at radius 1 is 1.09 bits per heavy atom. The van der Waals surface area contributed by atoms with E-state index in [-0.39, 0.29) is 5.82 Å². The van der Waals surface area contributed by atoms with Crippen molar-refractivity contribution in [2.45, 2.75) is 6.92 Å². The van der Waals surface area contributed by atoms with Crippen LogP contribution in [0.4, 0.5) is 4.39 Å². The molecule has 0 spiro atoms. The minimum absolute atomic E-state index is 0.291. The van der Waals surface area contributed by atoms with Crippen molar-refractivity contribution in [3.8, 4) is 16.9 Å². The zero-order chi connectivity index (χ0) is 16.1. The first-order valence-electron chi connectivity index (χ1n) is 6.75. The average Bonchev–Trinajstić information content (AvgIpc) is 2.54. The SMILES string of the molecule is COC(=O)/C=C(\C)c1ccc(OC)c(-c2ccc(F)cc2)c1. The van der Waals surface area contributed by atoms with Gasteiger partial charge in [0.15, 0.2) is 0 Å². The van der Waals surface area contributed by atoms with Gasteiger partial charge in [0.1, 0.15) is 11.6 Å². The van der Waals surface area contributed by atoms with Crippen LogP contribution in [0.1, 0.15) is 12.5 Å². The molecule has 0 aliphatic heterocycles. The summed E-state index contributed by atoms with van der Waals surface area (Å²) in [5.41, 5.74) is 3.31. The highest BCUT2D eigenvalue weighted by molar-refractivity contribution is 5.91. The number of halogens is 1. The van der Waals surface area contributed by atoms with Crippen LogP contribution in [0.25, 0.3) is 16.7 Å². The number of benzene rings is 2. The fourth-order valence-corrected chi connectivity index (χ4v) is 2.13. The van der Waals surface area contributed by atoms with Gasteiger partial charge in [-0.3, -0.25) is 0 Å². The molecule has 0 saturated carbocycles. The number of methoxy groups -OCH3 is 2. The standard InChI is InChI=1S/C18H17FO3/c1-12(10-18(20)22-3)14-6-9-17(21-2)16(11-14)13-4-7-15(19)8-5-13/h4-11H,1-3H3/b12-10+. The molecular weight excluding hydrogens is 283 g/mol. The molecule has 0 amide bonds. The van der Waals surface area contributed by atoms with E-state index in [9.17, 15) is 9.18 Å². The molecule has 0 aliphatic carbocycles. The molecule has 114 valence electrons. The van der Waals surface area contributed by atoms with Gasteiger partial charge in [-0.1, -0.05) is 18.2 Å². The number of esters is 1. The van der Waals surface area contributed by atoms with E-state index >= 15 is 0 Å². The van der Waals surface area contributed by atoms with Gasteiger partial charge < -0.3 is 9.47 Å². The number of rotatable bonds is 4. The minimum atomic E-state index is -0.406. The first kappa shape index (κ1) is 15.8. The molecule has 2 rings (SSSR count). The summed E-state index contributed by atoms with van der Waals surface area (Å²) in [6, 6.07) is 11.8. The zero-order valence-electron chi connectivity index (χ0n) is 12.7. The summed E-state index contributed by atoms with van der Waals surface area (Å²) in [6.45, 7) is 1.83. The first-order chi connectivity index (χ1) is 10.5. The van der Waals surface area contributed by atoms with E-state index < -0.39 is 5.97 Å². The molecule has 0 saturated heterocycles. The second-order valence-electron chi connectivity index (χ2n) is 4.77. The van der Waals surface area contributed by atoms with E-state index in [0.29, 0.717) is 5.75 Å². The lowest BCUT2D eigenvalue weighted by molar-refractivity contribution is -0.134. The van der Waals surface area contributed by atoms with Gasteiger partial charge in [0.05, 0.1) is 14.2 Å². The van der Waals surface area contributed by atoms with Crippen molar-refractivity contribution in [1.29, 1.82) is 0 Å². The average molecular weight is 300 g/mol. The van der Waals surface area contributed by atoms with Crippen molar-refractivity contribution in [3.63, 3.8) is 0 Å². The number of carbonyl (C=O) groups is 1. The van der Waals surface area contributed by atoms with Crippen LogP contribution in [-0.2, 0) is 9.53 Å². The van der Waals surface area contributed by atoms with Crippen molar-refractivity contribution in [1.82, 2.24) is 0 Å². The quantitative estimate of drug-likeness (QED) is 0.630. The lowest BCUT2D eigenvalue weighted by Crippen LogP contribution is -1.96. The maximum atomic E-state index is 13.1. The van der Waals surface area contributed by atoms with Crippen molar-refractivity contribution < 1.29 is 18.7 Å². The molecule has 0 aliphatic rings. The summed E-state index contributed by atoms with van der Waals surface area (Å²) in [5, 5.41) is 0. The molecule has 22 heavy (non-hydrogen) atoms. The number of carbonyl (C=O) groups excluding carboxylic acids is 1. The van der Waals surface area contributed by atoms with E-state index in [1.807, 2.05) is 25.1 Å². The Hall–Kier alpha value is -2.62. The maximum absolute atomic E-state index is 13.1. The van der Waals surface area contributed by atoms with Crippen molar-refractivity contribution in [2.24, 2.45) is 0 Å². The third-order valence-electron chi connectivity index (χ3n) is 3.35. The fraction of sp³-hybridized carbons (Fsp3) is 0.167. The van der Waals surface area contributed by atoms with Crippen LogP contribution >= 0.6 is 0 Å². The smallest absolute Gasteiger partial charge is 0.330 e. The summed E-state index contributed by atoms with van der Waals surface area (Å²) in [6.07, 6.45) is 1.43. The number of allylic oxidation sites excluding steroid dienone is 1. The van der Waals surface area contributed by atoms with Crippen molar-refractivity contribution >= 4 is 11.5 Å². The monoisotopic (exact) mass is 300 g/mol. The zero-order valence-corrected chi connectivity index (χ0v) is 12.7. The molecule has 0 radical (unpaired) electrons. The fourth-order valence-electron chi connectivity index (χ4n) is 2.13. The predicted octanol–water partition coefficient (Wildman–Crippen LogP) is 4.08. The van der Waals surface area contributed by atoms with Crippen LogP contribution in [0.15, 0.2) is 48.5 Å². The minimum Gasteiger partial charge on any atom is -0.496 e. The highest BCUT2D eigenvalue weighted by Gasteiger charge is 2.09. The molecule has 0 N–H and O–H groups in total. The van der Waals surface area contributed by atoms with Crippen LogP contribution in [0.2, 0.25) is 0 Å². The Kier molecular flexibility index (Phi) is 4.94. The van der Waals surface area contributed by atoms with E-state index in [2.05, 4.69) is 4.74 Å². The van der Waals surface area contributed by atoms with E-state index in [1.165, 1.54) is 25.3 Å². The summed E-state index contributed by atoms with van der Waals surface area (Å²) in [4.78, 5) is 11.3. The van der Waals surface area contributed by atoms with E-state index in [4.69, 9.17) is 4.74 Å². The molecule has 0 heterocycles. The van der Waals surface area contributed by atoms with Gasteiger partial charge >= 0.3 is 5.97 Å². The van der Waals surface area contributed by atoms with Gasteiger partial charge in [-0.15, -0.1) is 0 Å².